The average Bonchev–Trinajstić information content (AvgIpc) is 2.68. The van der Waals surface area contributed by atoms with Gasteiger partial charge in [-0.3, -0.25) is 4.79 Å². The first-order valence-corrected chi connectivity index (χ1v) is 9.13. The molecule has 0 unspecified atom stereocenters. The molecule has 0 bridgehead atoms. The Kier molecular flexibility index (Phi) is 6.39. The molecule has 1 aromatic heterocycles. The van der Waals surface area contributed by atoms with Crippen LogP contribution in [0.3, 0.4) is 0 Å². The molecule has 0 radical (unpaired) electrons. The summed E-state index contributed by atoms with van der Waals surface area (Å²) in [6.07, 6.45) is 2.31. The quantitative estimate of drug-likeness (QED) is 0.649. The highest BCUT2D eigenvalue weighted by atomic mass is 35.5. The minimum atomic E-state index is -0.218. The maximum atomic E-state index is 12.3. The van der Waals surface area contributed by atoms with Crippen LogP contribution in [0.4, 0.5) is 5.95 Å². The number of aryl methyl sites for hydroxylation is 1. The number of nitrogens with one attached hydrogen (secondary N) is 2. The molecule has 0 aliphatic carbocycles. The SMILES string of the molecule is Cc1cccc(CNc2nccc(C(=O)NCCc3ccc(Cl)cc3)n2)c1. The summed E-state index contributed by atoms with van der Waals surface area (Å²) in [4.78, 5) is 20.8. The predicted molar refractivity (Wildman–Crippen MR) is 108 cm³/mol. The lowest BCUT2D eigenvalue weighted by atomic mass is 10.1. The number of carbonyl (C=O) groups is 1. The molecule has 2 aromatic carbocycles. The van der Waals surface area contributed by atoms with Crippen molar-refractivity contribution in [2.45, 2.75) is 19.9 Å². The lowest BCUT2D eigenvalue weighted by molar-refractivity contribution is 0.0949. The zero-order valence-electron chi connectivity index (χ0n) is 15.1. The second-order valence-corrected chi connectivity index (χ2v) is 6.68. The molecular weight excluding hydrogens is 360 g/mol. The molecule has 3 aromatic rings. The summed E-state index contributed by atoms with van der Waals surface area (Å²) in [5.74, 6) is 0.215. The van der Waals surface area contributed by atoms with Crippen LogP contribution in [0.5, 0.6) is 0 Å². The number of halogens is 1. The Hall–Kier alpha value is -2.92. The van der Waals surface area contributed by atoms with E-state index in [1.165, 1.54) is 5.56 Å². The molecule has 5 nitrogen and oxygen atoms in total. The summed E-state index contributed by atoms with van der Waals surface area (Å²) in [5, 5.41) is 6.74. The van der Waals surface area contributed by atoms with E-state index >= 15 is 0 Å². The van der Waals surface area contributed by atoms with E-state index in [1.807, 2.05) is 36.4 Å². The van der Waals surface area contributed by atoms with Gasteiger partial charge in [0.15, 0.2) is 0 Å². The van der Waals surface area contributed by atoms with Gasteiger partial charge >= 0.3 is 0 Å². The summed E-state index contributed by atoms with van der Waals surface area (Å²) in [7, 11) is 0. The Morgan fingerprint density at radius 2 is 1.89 bits per heavy atom. The third-order valence-electron chi connectivity index (χ3n) is 4.03. The number of hydrogen-bond acceptors (Lipinski definition) is 4. The average molecular weight is 381 g/mol. The summed E-state index contributed by atoms with van der Waals surface area (Å²) >= 11 is 5.87. The first kappa shape index (κ1) is 18.9. The van der Waals surface area contributed by atoms with E-state index in [0.29, 0.717) is 29.8 Å². The van der Waals surface area contributed by atoms with Gasteiger partial charge in [-0.2, -0.15) is 0 Å². The smallest absolute Gasteiger partial charge is 0.270 e. The van der Waals surface area contributed by atoms with Crippen molar-refractivity contribution in [1.29, 1.82) is 0 Å². The number of rotatable bonds is 7. The van der Waals surface area contributed by atoms with Crippen molar-refractivity contribution in [2.75, 3.05) is 11.9 Å². The summed E-state index contributed by atoms with van der Waals surface area (Å²) < 4.78 is 0. The van der Waals surface area contributed by atoms with Gasteiger partial charge in [-0.25, -0.2) is 9.97 Å². The van der Waals surface area contributed by atoms with Gasteiger partial charge in [0.2, 0.25) is 5.95 Å². The second kappa shape index (κ2) is 9.14. The van der Waals surface area contributed by atoms with Crippen LogP contribution in [0.1, 0.15) is 27.2 Å². The largest absolute Gasteiger partial charge is 0.350 e. The summed E-state index contributed by atoms with van der Waals surface area (Å²) in [5.41, 5.74) is 3.79. The Labute approximate surface area is 163 Å². The fourth-order valence-electron chi connectivity index (χ4n) is 2.64. The van der Waals surface area contributed by atoms with Gasteiger partial charge in [0.1, 0.15) is 5.69 Å². The molecule has 0 spiro atoms. The number of benzene rings is 2. The first-order chi connectivity index (χ1) is 13.1. The minimum absolute atomic E-state index is 0.218. The van der Waals surface area contributed by atoms with E-state index in [0.717, 1.165) is 17.5 Å². The number of carbonyl (C=O) groups excluding carboxylic acids is 1. The van der Waals surface area contributed by atoms with Gasteiger partial charge in [0.05, 0.1) is 0 Å². The molecule has 0 saturated carbocycles. The zero-order chi connectivity index (χ0) is 19.1. The lowest BCUT2D eigenvalue weighted by Gasteiger charge is -2.08. The zero-order valence-corrected chi connectivity index (χ0v) is 15.8. The van der Waals surface area contributed by atoms with Gasteiger partial charge in [0, 0.05) is 24.3 Å². The number of nitrogens with zero attached hydrogens (tertiary/aromatic N) is 2. The van der Waals surface area contributed by atoms with Gasteiger partial charge in [-0.1, -0.05) is 53.6 Å². The van der Waals surface area contributed by atoms with Crippen LogP contribution >= 0.6 is 11.6 Å². The standard InChI is InChI=1S/C21H21ClN4O/c1-15-3-2-4-17(13-15)14-25-21-24-12-10-19(26-21)20(27)23-11-9-16-5-7-18(22)8-6-16/h2-8,10,12-13H,9,11,14H2,1H3,(H,23,27)(H,24,25,26). The van der Waals surface area contributed by atoms with Crippen LogP contribution in [0.25, 0.3) is 0 Å². The lowest BCUT2D eigenvalue weighted by Crippen LogP contribution is -2.26. The van der Waals surface area contributed by atoms with E-state index in [4.69, 9.17) is 11.6 Å². The molecule has 3 rings (SSSR count). The Morgan fingerprint density at radius 3 is 2.67 bits per heavy atom. The molecule has 6 heteroatoms. The predicted octanol–water partition coefficient (Wildman–Crippen LogP) is 4.02. The normalized spacial score (nSPS) is 10.4. The van der Waals surface area contributed by atoms with Crippen molar-refractivity contribution in [2.24, 2.45) is 0 Å². The Morgan fingerprint density at radius 1 is 1.07 bits per heavy atom. The van der Waals surface area contributed by atoms with Crippen molar-refractivity contribution in [1.82, 2.24) is 15.3 Å². The van der Waals surface area contributed by atoms with Crippen molar-refractivity contribution in [3.05, 3.63) is 88.2 Å². The second-order valence-electron chi connectivity index (χ2n) is 6.24. The summed E-state index contributed by atoms with van der Waals surface area (Å²) in [6, 6.07) is 17.4. The van der Waals surface area contributed by atoms with Crippen LogP contribution in [-0.4, -0.2) is 22.4 Å². The highest BCUT2D eigenvalue weighted by molar-refractivity contribution is 6.30. The highest BCUT2D eigenvalue weighted by Crippen LogP contribution is 2.10. The van der Waals surface area contributed by atoms with Crippen LogP contribution in [0.2, 0.25) is 5.02 Å². The molecular formula is C21H21ClN4O. The monoisotopic (exact) mass is 380 g/mol. The van der Waals surface area contributed by atoms with Gasteiger partial charge < -0.3 is 10.6 Å². The van der Waals surface area contributed by atoms with Crippen molar-refractivity contribution < 1.29 is 4.79 Å². The molecule has 0 aliphatic rings. The molecule has 138 valence electrons. The van der Waals surface area contributed by atoms with Gasteiger partial charge in [-0.05, 0) is 42.7 Å². The first-order valence-electron chi connectivity index (χ1n) is 8.75. The molecule has 0 saturated heterocycles. The van der Waals surface area contributed by atoms with Crippen LogP contribution in [-0.2, 0) is 13.0 Å². The van der Waals surface area contributed by atoms with Crippen molar-refractivity contribution >= 4 is 23.5 Å². The molecule has 2 N–H and O–H groups in total. The fraction of sp³-hybridized carbons (Fsp3) is 0.190. The minimum Gasteiger partial charge on any atom is -0.350 e. The number of aromatic nitrogens is 2. The third-order valence-corrected chi connectivity index (χ3v) is 4.29. The molecule has 27 heavy (non-hydrogen) atoms. The maximum absolute atomic E-state index is 12.3. The molecule has 1 heterocycles. The van der Waals surface area contributed by atoms with Gasteiger partial charge in [-0.15, -0.1) is 0 Å². The Bertz CT molecular complexity index is 912. The summed E-state index contributed by atoms with van der Waals surface area (Å²) in [6.45, 7) is 3.18. The van der Waals surface area contributed by atoms with Crippen molar-refractivity contribution in [3.8, 4) is 0 Å². The molecule has 0 atom stereocenters. The Balaban J connectivity index is 1.52. The maximum Gasteiger partial charge on any atom is 0.270 e. The van der Waals surface area contributed by atoms with E-state index in [2.05, 4.69) is 39.7 Å². The van der Waals surface area contributed by atoms with Gasteiger partial charge in [0.25, 0.3) is 5.91 Å². The van der Waals surface area contributed by atoms with Crippen LogP contribution < -0.4 is 10.6 Å². The third kappa shape index (κ3) is 5.79. The van der Waals surface area contributed by atoms with Crippen LogP contribution in [0.15, 0.2) is 60.8 Å². The van der Waals surface area contributed by atoms with Crippen molar-refractivity contribution in [3.63, 3.8) is 0 Å². The van der Waals surface area contributed by atoms with E-state index in [-0.39, 0.29) is 5.91 Å². The van der Waals surface area contributed by atoms with E-state index in [1.54, 1.807) is 12.3 Å². The topological polar surface area (TPSA) is 66.9 Å². The molecule has 1 amide bonds. The molecule has 0 fully saturated rings. The number of anilines is 1. The number of hydrogen-bond donors (Lipinski definition) is 2. The van der Waals surface area contributed by atoms with E-state index in [9.17, 15) is 4.79 Å². The number of amides is 1. The fourth-order valence-corrected chi connectivity index (χ4v) is 2.76. The highest BCUT2D eigenvalue weighted by Gasteiger charge is 2.08. The van der Waals surface area contributed by atoms with E-state index < -0.39 is 0 Å². The molecule has 0 aliphatic heterocycles. The van der Waals surface area contributed by atoms with Crippen LogP contribution in [0, 0.1) is 6.92 Å².